The Bertz CT molecular complexity index is 1000. The van der Waals surface area contributed by atoms with Gasteiger partial charge in [-0.1, -0.05) is 23.7 Å². The SMILES string of the molecule is CN(C)C(=O)Sc1ccc(NC(=O)Cc2csc(Cc3cccc(Cl)c3)n2)cc1. The molecule has 2 amide bonds. The number of rotatable bonds is 6. The van der Waals surface area contributed by atoms with Gasteiger partial charge in [-0.15, -0.1) is 11.3 Å². The van der Waals surface area contributed by atoms with Crippen LogP contribution in [0.4, 0.5) is 10.5 Å². The van der Waals surface area contributed by atoms with E-state index in [1.165, 1.54) is 16.2 Å². The van der Waals surface area contributed by atoms with Gasteiger partial charge in [0.1, 0.15) is 0 Å². The second kappa shape index (κ2) is 9.91. The third-order valence-corrected chi connectivity index (χ3v) is 6.07. The number of thiazole rings is 1. The maximum absolute atomic E-state index is 12.3. The van der Waals surface area contributed by atoms with Crippen LogP contribution in [0.3, 0.4) is 0 Å². The second-order valence-corrected chi connectivity index (χ2v) is 8.95. The Hall–Kier alpha value is -2.35. The summed E-state index contributed by atoms with van der Waals surface area (Å²) in [6.07, 6.45) is 0.902. The minimum Gasteiger partial charge on any atom is -0.339 e. The van der Waals surface area contributed by atoms with Gasteiger partial charge in [0, 0.05) is 41.5 Å². The predicted octanol–water partition coefficient (Wildman–Crippen LogP) is 5.34. The van der Waals surface area contributed by atoms with Crippen LogP contribution in [-0.4, -0.2) is 35.1 Å². The summed E-state index contributed by atoms with van der Waals surface area (Å²) in [5, 5.41) is 6.38. The van der Waals surface area contributed by atoms with Crippen molar-refractivity contribution < 1.29 is 9.59 Å². The molecule has 0 spiro atoms. The van der Waals surface area contributed by atoms with E-state index >= 15 is 0 Å². The Morgan fingerprint density at radius 2 is 1.93 bits per heavy atom. The molecule has 0 atom stereocenters. The van der Waals surface area contributed by atoms with Gasteiger partial charge in [-0.2, -0.15) is 0 Å². The van der Waals surface area contributed by atoms with Crippen LogP contribution in [0.2, 0.25) is 5.02 Å². The van der Waals surface area contributed by atoms with Crippen LogP contribution in [0.1, 0.15) is 16.3 Å². The second-order valence-electron chi connectivity index (χ2n) is 6.55. The normalized spacial score (nSPS) is 10.6. The molecule has 0 aliphatic rings. The van der Waals surface area contributed by atoms with Gasteiger partial charge in [-0.25, -0.2) is 4.98 Å². The van der Waals surface area contributed by atoms with Crippen molar-refractivity contribution in [1.82, 2.24) is 9.88 Å². The lowest BCUT2D eigenvalue weighted by Crippen LogP contribution is -2.16. The molecule has 0 radical (unpaired) electrons. The number of hydrogen-bond acceptors (Lipinski definition) is 5. The summed E-state index contributed by atoms with van der Waals surface area (Å²) in [6.45, 7) is 0. The molecule has 0 saturated carbocycles. The average molecular weight is 446 g/mol. The first-order valence-electron chi connectivity index (χ1n) is 8.86. The van der Waals surface area contributed by atoms with E-state index in [2.05, 4.69) is 10.3 Å². The Kier molecular flexibility index (Phi) is 7.30. The van der Waals surface area contributed by atoms with E-state index in [0.717, 1.165) is 32.9 Å². The molecule has 3 aromatic rings. The highest BCUT2D eigenvalue weighted by Crippen LogP contribution is 2.23. The molecule has 0 aliphatic heterocycles. The number of carbonyl (C=O) groups is 2. The fraction of sp³-hybridized carbons (Fsp3) is 0.190. The van der Waals surface area contributed by atoms with Gasteiger partial charge in [0.05, 0.1) is 17.1 Å². The Morgan fingerprint density at radius 1 is 1.17 bits per heavy atom. The molecule has 5 nitrogen and oxygen atoms in total. The van der Waals surface area contributed by atoms with Gasteiger partial charge >= 0.3 is 0 Å². The summed E-state index contributed by atoms with van der Waals surface area (Å²) in [6, 6.07) is 14.9. The lowest BCUT2D eigenvalue weighted by molar-refractivity contribution is -0.115. The molecule has 0 aliphatic carbocycles. The smallest absolute Gasteiger partial charge is 0.285 e. The van der Waals surface area contributed by atoms with Crippen molar-refractivity contribution in [3.63, 3.8) is 0 Å². The molecule has 29 heavy (non-hydrogen) atoms. The molecule has 1 aromatic heterocycles. The number of nitrogens with one attached hydrogen (secondary N) is 1. The molecule has 8 heteroatoms. The Labute approximate surface area is 183 Å². The number of amides is 2. The summed E-state index contributed by atoms with van der Waals surface area (Å²) >= 11 is 8.70. The summed E-state index contributed by atoms with van der Waals surface area (Å²) in [5.41, 5.74) is 2.52. The summed E-state index contributed by atoms with van der Waals surface area (Å²) in [4.78, 5) is 30.9. The van der Waals surface area contributed by atoms with Crippen molar-refractivity contribution >= 4 is 51.5 Å². The number of benzene rings is 2. The molecule has 0 bridgehead atoms. The van der Waals surface area contributed by atoms with Crippen LogP contribution in [0.15, 0.2) is 58.8 Å². The lowest BCUT2D eigenvalue weighted by Gasteiger charge is -2.09. The van der Waals surface area contributed by atoms with E-state index in [4.69, 9.17) is 11.6 Å². The number of halogens is 1. The van der Waals surface area contributed by atoms with Crippen molar-refractivity contribution in [3.05, 3.63) is 75.2 Å². The molecule has 0 unspecified atom stereocenters. The summed E-state index contributed by atoms with van der Waals surface area (Å²) < 4.78 is 0. The van der Waals surface area contributed by atoms with Crippen LogP contribution in [0, 0.1) is 0 Å². The fourth-order valence-electron chi connectivity index (χ4n) is 2.50. The number of carbonyl (C=O) groups excluding carboxylic acids is 2. The molecule has 150 valence electrons. The third kappa shape index (κ3) is 6.59. The van der Waals surface area contributed by atoms with Gasteiger partial charge in [-0.3, -0.25) is 9.59 Å². The first-order valence-corrected chi connectivity index (χ1v) is 10.9. The highest BCUT2D eigenvalue weighted by Gasteiger charge is 2.10. The predicted molar refractivity (Wildman–Crippen MR) is 120 cm³/mol. The highest BCUT2D eigenvalue weighted by molar-refractivity contribution is 8.13. The molecule has 2 aromatic carbocycles. The highest BCUT2D eigenvalue weighted by atomic mass is 35.5. The van der Waals surface area contributed by atoms with Gasteiger partial charge in [0.25, 0.3) is 5.24 Å². The van der Waals surface area contributed by atoms with Gasteiger partial charge < -0.3 is 10.2 Å². The maximum atomic E-state index is 12.3. The summed E-state index contributed by atoms with van der Waals surface area (Å²) in [5.74, 6) is -0.130. The minimum absolute atomic E-state index is 0.0427. The van der Waals surface area contributed by atoms with Crippen LogP contribution in [0.5, 0.6) is 0 Å². The van der Waals surface area contributed by atoms with Gasteiger partial charge in [-0.05, 0) is 53.7 Å². The maximum Gasteiger partial charge on any atom is 0.285 e. The number of thioether (sulfide) groups is 1. The van der Waals surface area contributed by atoms with Crippen LogP contribution in [-0.2, 0) is 17.6 Å². The van der Waals surface area contributed by atoms with E-state index in [1.54, 1.807) is 26.2 Å². The molecular formula is C21H20ClN3O2S2. The molecule has 1 heterocycles. The number of aromatic nitrogens is 1. The van der Waals surface area contributed by atoms with Crippen LogP contribution < -0.4 is 5.32 Å². The average Bonchev–Trinajstić information content (AvgIpc) is 3.09. The third-order valence-electron chi connectivity index (χ3n) is 3.89. The summed E-state index contributed by atoms with van der Waals surface area (Å²) in [7, 11) is 3.42. The largest absolute Gasteiger partial charge is 0.339 e. The Morgan fingerprint density at radius 3 is 2.62 bits per heavy atom. The quantitative estimate of drug-likeness (QED) is 0.520. The molecule has 1 N–H and O–H groups in total. The van der Waals surface area contributed by atoms with Crippen molar-refractivity contribution in [2.24, 2.45) is 0 Å². The zero-order valence-electron chi connectivity index (χ0n) is 16.0. The zero-order chi connectivity index (χ0) is 20.8. The van der Waals surface area contributed by atoms with E-state index < -0.39 is 0 Å². The van der Waals surface area contributed by atoms with Gasteiger partial charge in [0.15, 0.2) is 0 Å². The van der Waals surface area contributed by atoms with Crippen molar-refractivity contribution in [1.29, 1.82) is 0 Å². The van der Waals surface area contributed by atoms with E-state index in [-0.39, 0.29) is 17.6 Å². The zero-order valence-corrected chi connectivity index (χ0v) is 18.4. The monoisotopic (exact) mass is 445 g/mol. The van der Waals surface area contributed by atoms with Crippen LogP contribution in [0.25, 0.3) is 0 Å². The van der Waals surface area contributed by atoms with E-state index in [0.29, 0.717) is 17.1 Å². The standard InChI is InChI=1S/C21H20ClN3O2S2/c1-25(2)21(27)29-18-8-6-16(7-9-18)23-19(26)12-17-13-28-20(24-17)11-14-4-3-5-15(22)10-14/h3-10,13H,11-12H2,1-2H3,(H,23,26). The number of nitrogens with zero attached hydrogens (tertiary/aromatic N) is 2. The molecular weight excluding hydrogens is 426 g/mol. The van der Waals surface area contributed by atoms with Crippen molar-refractivity contribution in [2.75, 3.05) is 19.4 Å². The van der Waals surface area contributed by atoms with E-state index in [1.807, 2.05) is 41.8 Å². The van der Waals surface area contributed by atoms with Crippen molar-refractivity contribution in [3.8, 4) is 0 Å². The molecule has 0 fully saturated rings. The Balaban J connectivity index is 1.53. The number of hydrogen-bond donors (Lipinski definition) is 1. The molecule has 0 saturated heterocycles. The van der Waals surface area contributed by atoms with E-state index in [9.17, 15) is 9.59 Å². The lowest BCUT2D eigenvalue weighted by atomic mass is 10.2. The van der Waals surface area contributed by atoms with Crippen molar-refractivity contribution in [2.45, 2.75) is 17.7 Å². The fourth-order valence-corrected chi connectivity index (χ4v) is 4.20. The van der Waals surface area contributed by atoms with Crippen LogP contribution >= 0.6 is 34.7 Å². The minimum atomic E-state index is -0.130. The molecule has 3 rings (SSSR count). The number of anilines is 1. The first kappa shape index (κ1) is 21.4. The topological polar surface area (TPSA) is 62.3 Å². The van der Waals surface area contributed by atoms with Gasteiger partial charge in [0.2, 0.25) is 5.91 Å². The first-order chi connectivity index (χ1) is 13.9.